The second kappa shape index (κ2) is 5.29. The fourth-order valence-electron chi connectivity index (χ4n) is 2.02. The number of carbonyl (C=O) groups is 2. The maximum absolute atomic E-state index is 12.6. The Morgan fingerprint density at radius 1 is 0.952 bits per heavy atom. The third-order valence-electron chi connectivity index (χ3n) is 2.95. The molecule has 5 nitrogen and oxygen atoms in total. The van der Waals surface area contributed by atoms with Crippen molar-refractivity contribution in [1.29, 1.82) is 0 Å². The highest BCUT2D eigenvalue weighted by molar-refractivity contribution is 9.15. The van der Waals surface area contributed by atoms with Crippen LogP contribution in [0.3, 0.4) is 0 Å². The Balaban J connectivity index is 2.26. The molecule has 0 bridgehead atoms. The molecular weight excluding hydrogens is 540 g/mol. The van der Waals surface area contributed by atoms with Gasteiger partial charge >= 0.3 is 0 Å². The van der Waals surface area contributed by atoms with Crippen LogP contribution in [0.2, 0.25) is 0 Å². The number of halogens is 4. The number of rotatable bonds is 1. The van der Waals surface area contributed by atoms with Crippen molar-refractivity contribution in [2.24, 2.45) is 0 Å². The van der Waals surface area contributed by atoms with Crippen molar-refractivity contribution in [3.8, 4) is 0 Å². The van der Waals surface area contributed by atoms with Gasteiger partial charge in [0.05, 0.1) is 11.1 Å². The number of fused-ring (bicyclic) bond motifs is 1. The van der Waals surface area contributed by atoms with Gasteiger partial charge in [-0.2, -0.15) is 0 Å². The van der Waals surface area contributed by atoms with Crippen molar-refractivity contribution in [2.75, 3.05) is 4.90 Å². The molecule has 0 saturated carbocycles. The first kappa shape index (κ1) is 15.4. The Hall–Kier alpha value is -0.510. The Kier molecular flexibility index (Phi) is 3.88. The van der Waals surface area contributed by atoms with E-state index in [0.29, 0.717) is 23.7 Å². The zero-order chi connectivity index (χ0) is 15.5. The summed E-state index contributed by atoms with van der Waals surface area (Å²) in [5.74, 6) is -0.222. The minimum absolute atomic E-state index is 0.171. The van der Waals surface area contributed by atoms with Gasteiger partial charge in [-0.15, -0.1) is 0 Å². The van der Waals surface area contributed by atoms with Crippen LogP contribution >= 0.6 is 63.7 Å². The zero-order valence-electron chi connectivity index (χ0n) is 10.2. The quantitative estimate of drug-likeness (QED) is 0.294. The first-order valence-corrected chi connectivity index (χ1v) is 8.69. The van der Waals surface area contributed by atoms with E-state index in [0.717, 1.165) is 4.90 Å². The van der Waals surface area contributed by atoms with E-state index in [2.05, 4.69) is 68.9 Å². The number of hydrogen-bond acceptors (Lipinski definition) is 4. The molecule has 3 rings (SSSR count). The Bertz CT molecular complexity index is 768. The van der Waals surface area contributed by atoms with E-state index in [1.165, 1.54) is 6.07 Å². The van der Waals surface area contributed by atoms with E-state index >= 15 is 0 Å². The normalized spacial score (nSPS) is 14.0. The monoisotopic (exact) mass is 540 g/mol. The number of amides is 2. The molecule has 1 aliphatic rings. The number of imide groups is 1. The van der Waals surface area contributed by atoms with E-state index in [1.807, 2.05) is 0 Å². The lowest BCUT2D eigenvalue weighted by Gasteiger charge is -2.08. The van der Waals surface area contributed by atoms with Gasteiger partial charge in [-0.1, -0.05) is 5.16 Å². The number of nitrogens with zero attached hydrogens (tertiary/aromatic N) is 2. The van der Waals surface area contributed by atoms with E-state index < -0.39 is 11.8 Å². The smallest absolute Gasteiger partial charge is 0.268 e. The van der Waals surface area contributed by atoms with Gasteiger partial charge in [0.1, 0.15) is 5.76 Å². The van der Waals surface area contributed by atoms with Crippen molar-refractivity contribution in [3.63, 3.8) is 0 Å². The molecular formula is C12H4Br4N2O3. The number of hydrogen-bond donors (Lipinski definition) is 0. The largest absolute Gasteiger partial charge is 0.360 e. The zero-order valence-corrected chi connectivity index (χ0v) is 16.6. The highest BCUT2D eigenvalue weighted by atomic mass is 79.9. The second-order valence-corrected chi connectivity index (χ2v) is 7.42. The molecule has 0 saturated heterocycles. The van der Waals surface area contributed by atoms with Crippen LogP contribution in [0.15, 0.2) is 28.5 Å². The molecule has 0 N–H and O–H groups in total. The fraction of sp³-hybridized carbons (Fsp3) is 0.0833. The standard InChI is InChI=1S/C12H4Br4N2O3/c1-3-2-4(17-21-3)18-11(19)5-6(12(18)20)8(14)10(16)9(15)7(5)13/h2H,1H3. The third-order valence-corrected chi connectivity index (χ3v) is 7.71. The minimum Gasteiger partial charge on any atom is -0.360 e. The predicted molar refractivity (Wildman–Crippen MR) is 89.6 cm³/mol. The molecule has 0 radical (unpaired) electrons. The average Bonchev–Trinajstić information content (AvgIpc) is 2.96. The van der Waals surface area contributed by atoms with E-state index in [4.69, 9.17) is 4.52 Å². The first-order chi connectivity index (χ1) is 9.84. The van der Waals surface area contributed by atoms with Gasteiger partial charge in [-0.05, 0) is 70.6 Å². The van der Waals surface area contributed by atoms with Crippen LogP contribution in [0.25, 0.3) is 0 Å². The molecule has 9 heteroatoms. The van der Waals surface area contributed by atoms with Crippen LogP contribution in [0.4, 0.5) is 5.82 Å². The van der Waals surface area contributed by atoms with Crippen LogP contribution < -0.4 is 4.90 Å². The van der Waals surface area contributed by atoms with Gasteiger partial charge < -0.3 is 4.52 Å². The molecule has 2 heterocycles. The number of aromatic nitrogens is 1. The molecule has 0 unspecified atom stereocenters. The topological polar surface area (TPSA) is 63.4 Å². The molecule has 0 aliphatic carbocycles. The van der Waals surface area contributed by atoms with Gasteiger partial charge in [0, 0.05) is 24.0 Å². The van der Waals surface area contributed by atoms with Crippen molar-refractivity contribution < 1.29 is 14.1 Å². The maximum Gasteiger partial charge on any atom is 0.268 e. The van der Waals surface area contributed by atoms with Gasteiger partial charge in [-0.25, -0.2) is 4.90 Å². The lowest BCUT2D eigenvalue weighted by Crippen LogP contribution is -2.29. The summed E-state index contributed by atoms with van der Waals surface area (Å²) in [7, 11) is 0. The average molecular weight is 544 g/mol. The fourth-order valence-corrected chi connectivity index (χ4v) is 4.47. The molecule has 0 atom stereocenters. The van der Waals surface area contributed by atoms with Gasteiger partial charge in [-0.3, -0.25) is 9.59 Å². The highest BCUT2D eigenvalue weighted by Gasteiger charge is 2.43. The van der Waals surface area contributed by atoms with Gasteiger partial charge in [0.2, 0.25) is 0 Å². The van der Waals surface area contributed by atoms with Gasteiger partial charge in [0.25, 0.3) is 11.8 Å². The lowest BCUT2D eigenvalue weighted by atomic mass is 10.1. The van der Waals surface area contributed by atoms with Crippen molar-refractivity contribution in [3.05, 3.63) is 40.8 Å². The summed E-state index contributed by atoms with van der Waals surface area (Å²) in [5, 5.41) is 3.74. The molecule has 21 heavy (non-hydrogen) atoms. The van der Waals surface area contributed by atoms with Crippen LogP contribution in [-0.2, 0) is 0 Å². The van der Waals surface area contributed by atoms with E-state index in [1.54, 1.807) is 6.92 Å². The molecule has 1 aliphatic heterocycles. The molecule has 0 fully saturated rings. The van der Waals surface area contributed by atoms with Crippen LogP contribution in [0.1, 0.15) is 26.5 Å². The van der Waals surface area contributed by atoms with Crippen molar-refractivity contribution in [1.82, 2.24) is 5.16 Å². The number of anilines is 1. The third kappa shape index (κ3) is 2.16. The van der Waals surface area contributed by atoms with Gasteiger partial charge in [0.15, 0.2) is 5.82 Å². The first-order valence-electron chi connectivity index (χ1n) is 5.52. The summed E-state index contributed by atoms with van der Waals surface area (Å²) >= 11 is 13.4. The molecule has 2 amide bonds. The minimum atomic E-state index is -0.455. The number of carbonyl (C=O) groups excluding carboxylic acids is 2. The summed E-state index contributed by atoms with van der Waals surface area (Å²) in [6, 6.07) is 1.54. The van der Waals surface area contributed by atoms with Crippen molar-refractivity contribution >= 4 is 81.4 Å². The molecule has 0 spiro atoms. The summed E-state index contributed by atoms with van der Waals surface area (Å²) in [6.45, 7) is 1.69. The summed E-state index contributed by atoms with van der Waals surface area (Å²) in [6.07, 6.45) is 0. The Labute approximate surface area is 152 Å². The second-order valence-electron chi connectivity index (χ2n) is 4.25. The summed E-state index contributed by atoms with van der Waals surface area (Å²) in [4.78, 5) is 26.2. The summed E-state index contributed by atoms with van der Waals surface area (Å²) < 4.78 is 7.25. The predicted octanol–water partition coefficient (Wildman–Crippen LogP) is 4.83. The van der Waals surface area contributed by atoms with Crippen LogP contribution in [-0.4, -0.2) is 17.0 Å². The lowest BCUT2D eigenvalue weighted by molar-refractivity contribution is 0.0923. The SMILES string of the molecule is Cc1cc(N2C(=O)c3c(Br)c(Br)c(Br)c(Br)c3C2=O)no1. The Morgan fingerprint density at radius 3 is 1.81 bits per heavy atom. The van der Waals surface area contributed by atoms with E-state index in [9.17, 15) is 9.59 Å². The molecule has 1 aromatic carbocycles. The Morgan fingerprint density at radius 2 is 1.43 bits per heavy atom. The van der Waals surface area contributed by atoms with E-state index in [-0.39, 0.29) is 16.9 Å². The maximum atomic E-state index is 12.6. The number of aryl methyl sites for hydroxylation is 1. The highest BCUT2D eigenvalue weighted by Crippen LogP contribution is 2.45. The molecule has 2 aromatic rings. The number of benzene rings is 1. The molecule has 108 valence electrons. The van der Waals surface area contributed by atoms with Crippen LogP contribution in [0.5, 0.6) is 0 Å². The summed E-state index contributed by atoms with van der Waals surface area (Å²) in [5.41, 5.74) is 0.560. The van der Waals surface area contributed by atoms with Crippen LogP contribution in [0, 0.1) is 6.92 Å². The van der Waals surface area contributed by atoms with Crippen molar-refractivity contribution in [2.45, 2.75) is 6.92 Å². The molecule has 1 aromatic heterocycles.